The van der Waals surface area contributed by atoms with Crippen molar-refractivity contribution < 1.29 is 4.79 Å². The molecule has 14 heavy (non-hydrogen) atoms. The zero-order chi connectivity index (χ0) is 10.7. The van der Waals surface area contributed by atoms with Crippen molar-refractivity contribution in [2.75, 3.05) is 13.6 Å². The lowest BCUT2D eigenvalue weighted by Gasteiger charge is -2.37. The molecule has 3 atom stereocenters. The van der Waals surface area contributed by atoms with E-state index in [0.717, 1.165) is 13.0 Å². The van der Waals surface area contributed by atoms with E-state index in [1.807, 2.05) is 18.9 Å². The molecule has 0 saturated carbocycles. The molecule has 0 radical (unpaired) electrons. The number of rotatable bonds is 4. The molecule has 1 heterocycles. The molecule has 1 aliphatic rings. The molecule has 1 aliphatic heterocycles. The van der Waals surface area contributed by atoms with Crippen LogP contribution in [0.1, 0.15) is 33.6 Å². The monoisotopic (exact) mass is 198 g/mol. The lowest BCUT2D eigenvalue weighted by molar-refractivity contribution is -0.134. The molecule has 0 spiro atoms. The first-order valence-electron chi connectivity index (χ1n) is 5.55. The molecule has 3 heteroatoms. The average molecular weight is 198 g/mol. The second kappa shape index (κ2) is 4.78. The SMILES string of the molecule is CCC(C)C(=O)N(C)CC1CC(C)N1. The van der Waals surface area contributed by atoms with E-state index in [2.05, 4.69) is 19.2 Å². The van der Waals surface area contributed by atoms with E-state index in [0.29, 0.717) is 12.1 Å². The van der Waals surface area contributed by atoms with Crippen molar-refractivity contribution >= 4 is 5.91 Å². The highest BCUT2D eigenvalue weighted by Gasteiger charge is 2.27. The van der Waals surface area contributed by atoms with Gasteiger partial charge in [-0.25, -0.2) is 0 Å². The van der Waals surface area contributed by atoms with Crippen LogP contribution in [-0.4, -0.2) is 36.5 Å². The number of hydrogen-bond acceptors (Lipinski definition) is 2. The van der Waals surface area contributed by atoms with E-state index in [9.17, 15) is 4.79 Å². The van der Waals surface area contributed by atoms with Crippen LogP contribution in [0.3, 0.4) is 0 Å². The third-order valence-corrected chi connectivity index (χ3v) is 3.06. The van der Waals surface area contributed by atoms with Crippen LogP contribution in [0.2, 0.25) is 0 Å². The number of nitrogens with zero attached hydrogens (tertiary/aromatic N) is 1. The molecule has 0 aromatic rings. The molecule has 0 aromatic carbocycles. The van der Waals surface area contributed by atoms with E-state index in [1.165, 1.54) is 6.42 Å². The summed E-state index contributed by atoms with van der Waals surface area (Å²) < 4.78 is 0. The largest absolute Gasteiger partial charge is 0.344 e. The second-order valence-corrected chi connectivity index (χ2v) is 4.53. The van der Waals surface area contributed by atoms with Gasteiger partial charge in [-0.2, -0.15) is 0 Å². The fourth-order valence-corrected chi connectivity index (χ4v) is 1.90. The maximum Gasteiger partial charge on any atom is 0.225 e. The fourth-order valence-electron chi connectivity index (χ4n) is 1.90. The summed E-state index contributed by atoms with van der Waals surface area (Å²) in [5.41, 5.74) is 0. The minimum Gasteiger partial charge on any atom is -0.344 e. The first-order chi connectivity index (χ1) is 6.54. The highest BCUT2D eigenvalue weighted by atomic mass is 16.2. The summed E-state index contributed by atoms with van der Waals surface area (Å²) >= 11 is 0. The molecule has 1 N–H and O–H groups in total. The molecule has 0 aromatic heterocycles. The molecule has 0 aliphatic carbocycles. The van der Waals surface area contributed by atoms with Gasteiger partial charge in [0.15, 0.2) is 0 Å². The summed E-state index contributed by atoms with van der Waals surface area (Å²) in [5, 5.41) is 3.39. The summed E-state index contributed by atoms with van der Waals surface area (Å²) in [4.78, 5) is 13.6. The van der Waals surface area contributed by atoms with Crippen molar-refractivity contribution in [3.05, 3.63) is 0 Å². The Kier molecular flexibility index (Phi) is 3.93. The van der Waals surface area contributed by atoms with Gasteiger partial charge in [-0.15, -0.1) is 0 Å². The minimum atomic E-state index is 0.164. The molecule has 1 fully saturated rings. The minimum absolute atomic E-state index is 0.164. The molecular formula is C11H22N2O. The summed E-state index contributed by atoms with van der Waals surface area (Å²) in [5.74, 6) is 0.436. The van der Waals surface area contributed by atoms with Gasteiger partial charge < -0.3 is 10.2 Å². The van der Waals surface area contributed by atoms with Crippen molar-refractivity contribution in [3.63, 3.8) is 0 Å². The molecule has 0 bridgehead atoms. The van der Waals surface area contributed by atoms with Crippen LogP contribution in [0, 0.1) is 5.92 Å². The Morgan fingerprint density at radius 1 is 1.64 bits per heavy atom. The van der Waals surface area contributed by atoms with E-state index in [1.54, 1.807) is 0 Å². The first-order valence-corrected chi connectivity index (χ1v) is 5.55. The predicted octanol–water partition coefficient (Wildman–Crippen LogP) is 1.24. The number of amides is 1. The van der Waals surface area contributed by atoms with Crippen LogP contribution < -0.4 is 5.32 Å². The maximum atomic E-state index is 11.7. The predicted molar refractivity (Wildman–Crippen MR) is 58.1 cm³/mol. The molecular weight excluding hydrogens is 176 g/mol. The Balaban J connectivity index is 2.27. The molecule has 1 amide bonds. The number of carbonyl (C=O) groups is 1. The van der Waals surface area contributed by atoms with Crippen LogP contribution >= 0.6 is 0 Å². The topological polar surface area (TPSA) is 32.3 Å². The van der Waals surface area contributed by atoms with Gasteiger partial charge in [-0.05, 0) is 19.8 Å². The summed E-state index contributed by atoms with van der Waals surface area (Å²) in [7, 11) is 1.90. The van der Waals surface area contributed by atoms with Crippen molar-refractivity contribution in [2.24, 2.45) is 5.92 Å². The highest BCUT2D eigenvalue weighted by Crippen LogP contribution is 2.13. The van der Waals surface area contributed by atoms with Crippen LogP contribution in [-0.2, 0) is 4.79 Å². The quantitative estimate of drug-likeness (QED) is 0.737. The average Bonchev–Trinajstić information content (AvgIpc) is 2.12. The lowest BCUT2D eigenvalue weighted by atomic mass is 9.98. The van der Waals surface area contributed by atoms with Gasteiger partial charge in [0.05, 0.1) is 0 Å². The number of hydrogen-bond donors (Lipinski definition) is 1. The number of nitrogens with one attached hydrogen (secondary N) is 1. The van der Waals surface area contributed by atoms with E-state index < -0.39 is 0 Å². The van der Waals surface area contributed by atoms with Gasteiger partial charge >= 0.3 is 0 Å². The van der Waals surface area contributed by atoms with E-state index >= 15 is 0 Å². The zero-order valence-electron chi connectivity index (χ0n) is 9.71. The summed E-state index contributed by atoms with van der Waals surface area (Å²) in [6, 6.07) is 1.15. The van der Waals surface area contributed by atoms with Gasteiger partial charge in [-0.1, -0.05) is 13.8 Å². The Morgan fingerprint density at radius 3 is 2.64 bits per heavy atom. The van der Waals surface area contributed by atoms with E-state index in [-0.39, 0.29) is 11.8 Å². The van der Waals surface area contributed by atoms with Crippen molar-refractivity contribution in [1.29, 1.82) is 0 Å². The van der Waals surface area contributed by atoms with Gasteiger partial charge in [0, 0.05) is 31.6 Å². The smallest absolute Gasteiger partial charge is 0.225 e. The summed E-state index contributed by atoms with van der Waals surface area (Å²) in [6.07, 6.45) is 2.12. The number of carbonyl (C=O) groups excluding carboxylic acids is 1. The van der Waals surface area contributed by atoms with Crippen LogP contribution in [0.15, 0.2) is 0 Å². The fraction of sp³-hybridized carbons (Fsp3) is 0.909. The normalized spacial score (nSPS) is 28.0. The van der Waals surface area contributed by atoms with Crippen molar-refractivity contribution in [2.45, 2.75) is 45.7 Å². The van der Waals surface area contributed by atoms with Gasteiger partial charge in [-0.3, -0.25) is 4.79 Å². The Labute approximate surface area is 86.9 Å². The molecule has 3 nitrogen and oxygen atoms in total. The maximum absolute atomic E-state index is 11.7. The Morgan fingerprint density at radius 2 is 2.21 bits per heavy atom. The first kappa shape index (κ1) is 11.5. The van der Waals surface area contributed by atoms with Gasteiger partial charge in [0.25, 0.3) is 0 Å². The zero-order valence-corrected chi connectivity index (χ0v) is 9.71. The van der Waals surface area contributed by atoms with Crippen LogP contribution in [0.25, 0.3) is 0 Å². The van der Waals surface area contributed by atoms with Gasteiger partial charge in [0.1, 0.15) is 0 Å². The van der Waals surface area contributed by atoms with Gasteiger partial charge in [0.2, 0.25) is 5.91 Å². The second-order valence-electron chi connectivity index (χ2n) is 4.53. The van der Waals surface area contributed by atoms with Crippen LogP contribution in [0.4, 0.5) is 0 Å². The van der Waals surface area contributed by atoms with Crippen LogP contribution in [0.5, 0.6) is 0 Å². The highest BCUT2D eigenvalue weighted by molar-refractivity contribution is 5.78. The third-order valence-electron chi connectivity index (χ3n) is 3.06. The molecule has 1 rings (SSSR count). The lowest BCUT2D eigenvalue weighted by Crippen LogP contribution is -2.56. The third kappa shape index (κ3) is 2.71. The number of likely N-dealkylation sites (N-methyl/N-ethyl adjacent to an activating group) is 1. The van der Waals surface area contributed by atoms with Crippen molar-refractivity contribution in [3.8, 4) is 0 Å². The molecule has 1 saturated heterocycles. The summed E-state index contributed by atoms with van der Waals surface area (Å²) in [6.45, 7) is 7.08. The molecule has 82 valence electrons. The Hall–Kier alpha value is -0.570. The van der Waals surface area contributed by atoms with Crippen molar-refractivity contribution in [1.82, 2.24) is 10.2 Å². The molecule has 3 unspecified atom stereocenters. The standard InChI is InChI=1S/C11H22N2O/c1-5-8(2)11(14)13(4)7-10-6-9(3)12-10/h8-10,12H,5-7H2,1-4H3. The van der Waals surface area contributed by atoms with E-state index in [4.69, 9.17) is 0 Å². The Bertz CT molecular complexity index is 199.